The summed E-state index contributed by atoms with van der Waals surface area (Å²) in [7, 11) is 1.40. The molecule has 0 saturated carbocycles. The van der Waals surface area contributed by atoms with Crippen LogP contribution in [0.25, 0.3) is 0 Å². The number of hydrogen-bond acceptors (Lipinski definition) is 6. The van der Waals surface area contributed by atoms with Crippen LogP contribution in [0.2, 0.25) is 0 Å². The maximum atomic E-state index is 10.8. The summed E-state index contributed by atoms with van der Waals surface area (Å²) in [5.74, 6) is 0. The fourth-order valence-electron chi connectivity index (χ4n) is 1.44. The molecule has 0 bridgehead atoms. The van der Waals surface area contributed by atoms with Crippen molar-refractivity contribution in [3.05, 3.63) is 24.5 Å². The largest absolute Gasteiger partial charge is 1.00 e. The summed E-state index contributed by atoms with van der Waals surface area (Å²) >= 11 is -2.21. The van der Waals surface area contributed by atoms with Crippen molar-refractivity contribution >= 4 is 30.8 Å². The third-order valence-corrected chi connectivity index (χ3v) is 4.40. The number of nitrogens with zero attached hydrogens (tertiary/aromatic N) is 4. The van der Waals surface area contributed by atoms with Gasteiger partial charge in [-0.3, -0.25) is 13.6 Å². The standard InChI is InChI=1S/C6H9ClN2O2S.C6H10N2O2S.Na/c1-5(2)9-4-3-6(8-9)12(7,10)11;1-5(2)8-4-3-6(7-8)11(9)10;/h3-5H,1-2H3;3-5H,1-2H3,(H,9,10);/q;;+1/p-1. The van der Waals surface area contributed by atoms with Crippen molar-refractivity contribution in [3.63, 3.8) is 0 Å². The van der Waals surface area contributed by atoms with E-state index in [0.29, 0.717) is 0 Å². The molecule has 0 amide bonds. The molecule has 2 heterocycles. The van der Waals surface area contributed by atoms with Crippen LogP contribution < -0.4 is 29.6 Å². The van der Waals surface area contributed by atoms with Gasteiger partial charge in [-0.25, -0.2) is 8.42 Å². The van der Waals surface area contributed by atoms with E-state index in [-0.39, 0.29) is 51.7 Å². The number of halogens is 1. The second-order valence-corrected chi connectivity index (χ2v) is 8.53. The van der Waals surface area contributed by atoms with Crippen molar-refractivity contribution in [2.75, 3.05) is 0 Å². The fourth-order valence-corrected chi connectivity index (χ4v) is 2.43. The second-order valence-electron chi connectivity index (χ2n) is 5.13. The molecule has 0 aliphatic rings. The molecule has 0 saturated heterocycles. The zero-order chi connectivity index (χ0) is 17.8. The van der Waals surface area contributed by atoms with Crippen LogP contribution in [-0.4, -0.2) is 36.7 Å². The molecule has 24 heavy (non-hydrogen) atoms. The smallest absolute Gasteiger partial charge is 0.767 e. The Morgan fingerprint density at radius 3 is 1.79 bits per heavy atom. The van der Waals surface area contributed by atoms with Crippen molar-refractivity contribution in [1.29, 1.82) is 0 Å². The van der Waals surface area contributed by atoms with E-state index in [4.69, 9.17) is 10.7 Å². The Balaban J connectivity index is 0.000000425. The van der Waals surface area contributed by atoms with Crippen molar-refractivity contribution < 1.29 is 46.7 Å². The molecule has 0 fully saturated rings. The monoisotopic (exact) mass is 404 g/mol. The first-order valence-corrected chi connectivity index (χ1v) is 10.0. The Labute approximate surface area is 170 Å². The van der Waals surface area contributed by atoms with Crippen LogP contribution in [0.15, 0.2) is 34.6 Å². The van der Waals surface area contributed by atoms with Crippen molar-refractivity contribution in [3.8, 4) is 0 Å². The molecular formula is C12H18ClN4NaO4S2. The van der Waals surface area contributed by atoms with Crippen molar-refractivity contribution in [2.24, 2.45) is 0 Å². The van der Waals surface area contributed by atoms with Crippen LogP contribution in [0, 0.1) is 0 Å². The van der Waals surface area contributed by atoms with E-state index in [1.54, 1.807) is 17.1 Å². The Morgan fingerprint density at radius 1 is 1.08 bits per heavy atom. The van der Waals surface area contributed by atoms with Gasteiger partial charge in [0.25, 0.3) is 9.05 Å². The predicted octanol–water partition coefficient (Wildman–Crippen LogP) is -0.902. The minimum atomic E-state index is -3.68. The molecule has 2 aromatic heterocycles. The molecule has 1 unspecified atom stereocenters. The van der Waals surface area contributed by atoms with E-state index < -0.39 is 20.1 Å². The minimum Gasteiger partial charge on any atom is -0.767 e. The van der Waals surface area contributed by atoms with E-state index in [9.17, 15) is 17.2 Å². The Hall–Kier alpha value is -0.230. The zero-order valence-electron chi connectivity index (χ0n) is 14.1. The zero-order valence-corrected chi connectivity index (χ0v) is 18.5. The Bertz CT molecular complexity index is 774. The maximum Gasteiger partial charge on any atom is 1.00 e. The van der Waals surface area contributed by atoms with Gasteiger partial charge in [-0.2, -0.15) is 10.2 Å². The second kappa shape index (κ2) is 10.0. The summed E-state index contributed by atoms with van der Waals surface area (Å²) in [5.41, 5.74) is 0. The minimum absolute atomic E-state index is 0. The summed E-state index contributed by atoms with van der Waals surface area (Å²) in [6.07, 6.45) is 3.23. The summed E-state index contributed by atoms with van der Waals surface area (Å²) in [6, 6.07) is 3.19. The number of aromatic nitrogens is 4. The van der Waals surface area contributed by atoms with Gasteiger partial charge in [0.15, 0.2) is 5.03 Å². The molecule has 0 aromatic carbocycles. The molecule has 1 atom stereocenters. The molecule has 0 aliphatic carbocycles. The maximum absolute atomic E-state index is 10.8. The van der Waals surface area contributed by atoms with Gasteiger partial charge in [-0.1, -0.05) is 0 Å². The molecule has 0 aliphatic heterocycles. The Morgan fingerprint density at radius 2 is 1.54 bits per heavy atom. The summed E-state index contributed by atoms with van der Waals surface area (Å²) in [6.45, 7) is 7.67. The molecule has 0 spiro atoms. The van der Waals surface area contributed by atoms with E-state index in [1.165, 1.54) is 16.8 Å². The SMILES string of the molecule is CC(C)n1ccc(S(=O)(=O)Cl)n1.CC(C)n1ccc(S(=O)[O-])n1.[Na+]. The van der Waals surface area contributed by atoms with Crippen molar-refractivity contribution in [2.45, 2.75) is 49.8 Å². The normalized spacial score (nSPS) is 12.5. The van der Waals surface area contributed by atoms with E-state index in [1.807, 2.05) is 27.7 Å². The predicted molar refractivity (Wildman–Crippen MR) is 85.4 cm³/mol. The quantitative estimate of drug-likeness (QED) is 0.371. The average molecular weight is 405 g/mol. The van der Waals surface area contributed by atoms with Crippen LogP contribution in [0.4, 0.5) is 0 Å². The van der Waals surface area contributed by atoms with Crippen LogP contribution in [0.3, 0.4) is 0 Å². The van der Waals surface area contributed by atoms with Crippen molar-refractivity contribution in [1.82, 2.24) is 19.6 Å². The van der Waals surface area contributed by atoms with Gasteiger partial charge in [-0.15, -0.1) is 0 Å². The van der Waals surface area contributed by atoms with E-state index in [2.05, 4.69) is 10.2 Å². The fraction of sp³-hybridized carbons (Fsp3) is 0.500. The van der Waals surface area contributed by atoms with Gasteiger partial charge in [0.1, 0.15) is 5.03 Å². The first-order valence-electron chi connectivity index (χ1n) is 6.66. The topological polar surface area (TPSA) is 110 Å². The van der Waals surface area contributed by atoms with Gasteiger partial charge in [0, 0.05) is 35.2 Å². The van der Waals surface area contributed by atoms with E-state index >= 15 is 0 Å². The molecule has 2 rings (SSSR count). The van der Waals surface area contributed by atoms with Crippen LogP contribution >= 0.6 is 10.7 Å². The number of rotatable bonds is 4. The Kier molecular flexibility index (Phi) is 9.95. The molecule has 0 N–H and O–H groups in total. The molecule has 2 aromatic rings. The van der Waals surface area contributed by atoms with Gasteiger partial charge in [-0.05, 0) is 50.9 Å². The van der Waals surface area contributed by atoms with Crippen LogP contribution in [0.5, 0.6) is 0 Å². The van der Waals surface area contributed by atoms with Crippen LogP contribution in [-0.2, 0) is 20.1 Å². The number of hydrogen-bond donors (Lipinski definition) is 0. The van der Waals surface area contributed by atoms with Crippen LogP contribution in [0.1, 0.15) is 39.8 Å². The summed E-state index contributed by atoms with van der Waals surface area (Å²) in [5, 5.41) is 7.59. The third-order valence-electron chi connectivity index (χ3n) is 2.65. The molecule has 0 radical (unpaired) electrons. The summed E-state index contributed by atoms with van der Waals surface area (Å²) in [4.78, 5) is 0. The third kappa shape index (κ3) is 7.34. The molecule has 8 nitrogen and oxygen atoms in total. The average Bonchev–Trinajstić information content (AvgIpc) is 3.08. The van der Waals surface area contributed by atoms with Gasteiger partial charge >= 0.3 is 29.6 Å². The first-order chi connectivity index (χ1) is 10.5. The van der Waals surface area contributed by atoms with E-state index in [0.717, 1.165) is 0 Å². The molecular weight excluding hydrogens is 387 g/mol. The summed E-state index contributed by atoms with van der Waals surface area (Å²) < 4.78 is 45.4. The molecule has 12 heteroatoms. The molecule has 130 valence electrons. The van der Waals surface area contributed by atoms with Gasteiger partial charge in [0.05, 0.1) is 0 Å². The van der Waals surface area contributed by atoms with Gasteiger partial charge in [0.2, 0.25) is 0 Å². The van der Waals surface area contributed by atoms with Gasteiger partial charge < -0.3 is 4.55 Å². The first kappa shape index (κ1) is 23.8.